The van der Waals surface area contributed by atoms with Crippen LogP contribution in [-0.4, -0.2) is 250 Å². The zero-order valence-electron chi connectivity index (χ0n) is 61.3. The number of fused-ring (bicyclic) bond motifs is 1. The van der Waals surface area contributed by atoms with E-state index in [9.17, 15) is 86.9 Å². The van der Waals surface area contributed by atoms with Crippen molar-refractivity contribution in [1.29, 1.82) is 0 Å². The Kier molecular flexibility index (Phi) is 36.4. The van der Waals surface area contributed by atoms with Gasteiger partial charge in [0, 0.05) is 52.4 Å². The largest absolute Gasteiger partial charge is 0.480 e. The highest BCUT2D eigenvalue weighted by atomic mass is 32.2. The van der Waals surface area contributed by atoms with E-state index < -0.39 is 228 Å². The number of carbonyl (C=O) groups is 16. The van der Waals surface area contributed by atoms with Crippen molar-refractivity contribution in [2.75, 3.05) is 56.5 Å². The van der Waals surface area contributed by atoms with Gasteiger partial charge in [-0.15, -0.1) is 0 Å². The first-order chi connectivity index (χ1) is 51.3. The minimum absolute atomic E-state index is 0.0134. The summed E-state index contributed by atoms with van der Waals surface area (Å²) in [5.74, 6) is -17.7. The number of benzene rings is 2. The van der Waals surface area contributed by atoms with Gasteiger partial charge in [0.15, 0.2) is 6.04 Å². The molecule has 15 atom stereocenters. The van der Waals surface area contributed by atoms with Crippen molar-refractivity contribution >= 4 is 129 Å². The number of aliphatic carboxylic acids is 1. The van der Waals surface area contributed by atoms with Crippen LogP contribution in [0.3, 0.4) is 0 Å². The molecule has 108 heavy (non-hydrogen) atoms. The van der Waals surface area contributed by atoms with E-state index in [1.807, 2.05) is 0 Å². The number of amides is 15. The van der Waals surface area contributed by atoms with Crippen molar-refractivity contribution in [2.24, 2.45) is 29.0 Å². The van der Waals surface area contributed by atoms with Crippen molar-refractivity contribution < 1.29 is 86.9 Å². The summed E-state index contributed by atoms with van der Waals surface area (Å²) in [5.41, 5.74) is 19.2. The predicted octanol–water partition coefficient (Wildman–Crippen LogP) is -6.37. The summed E-state index contributed by atoms with van der Waals surface area (Å²) in [7, 11) is 0. The molecule has 15 amide bonds. The average molecular weight is 1550 g/mol. The third-order valence-electron chi connectivity index (χ3n) is 17.7. The number of aromatic amines is 1. The van der Waals surface area contributed by atoms with Gasteiger partial charge in [-0.1, -0.05) is 89.6 Å². The quantitative estimate of drug-likeness (QED) is 0.0338. The molecule has 2 aliphatic heterocycles. The smallest absolute Gasteiger partial charge is 0.328 e. The number of aliphatic hydroxyl groups excluding tert-OH is 1. The molecule has 0 bridgehead atoms. The fraction of sp³-hybridized carbons (Fsp3) is 0.565. The zero-order valence-corrected chi connectivity index (χ0v) is 62.9. The van der Waals surface area contributed by atoms with Crippen LogP contribution in [0.15, 0.2) is 60.8 Å². The SMILES string of the molecule is CC[C@H](C)[C@H]1NC(=O)[C@H](Cc2c[nH]c3ccccc23)NC(=O)[C@@H](NC(=O)CN)CSCC(C(=O)N[C@@H](CCCN)C(=O)NCC(=O)N[C@H]2CSC(C)C(C(=O)N[C@@H](CCCN)C(=O)N[C@H](C(=O)O)[C@@H](C)O)NC(=O)[C@@H](C(C)C)NC(=O)[C@H](Cc3ccccc3)NC(=O)CNC2=O)NC(=O)CNC(=O)[C@H](C)NC1=O. The summed E-state index contributed by atoms with van der Waals surface area (Å²) in [6.07, 6.45) is 0.0821. The first-order valence-electron chi connectivity index (χ1n) is 35.5. The Morgan fingerprint density at radius 3 is 1.79 bits per heavy atom. The Morgan fingerprint density at radius 2 is 1.17 bits per heavy atom. The molecule has 2 aromatic carbocycles. The van der Waals surface area contributed by atoms with E-state index in [-0.39, 0.29) is 57.4 Å². The van der Waals surface area contributed by atoms with Crippen LogP contribution >= 0.6 is 23.5 Å². The minimum atomic E-state index is -1.81. The van der Waals surface area contributed by atoms with E-state index in [4.69, 9.17) is 17.2 Å². The van der Waals surface area contributed by atoms with Crippen LogP contribution in [0.2, 0.25) is 0 Å². The molecule has 5 rings (SSSR count). The van der Waals surface area contributed by atoms with Gasteiger partial charge < -0.3 is 112 Å². The Hall–Kier alpha value is -9.96. The summed E-state index contributed by atoms with van der Waals surface area (Å²) in [5, 5.41) is 57.5. The van der Waals surface area contributed by atoms with Gasteiger partial charge in [-0.2, -0.15) is 23.5 Å². The molecular weight excluding hydrogens is 1450 g/mol. The monoisotopic (exact) mass is 1550 g/mol. The molecule has 2 fully saturated rings. The predicted molar refractivity (Wildman–Crippen MR) is 399 cm³/mol. The molecule has 0 radical (unpaired) electrons. The molecular formula is C69H103N19O18S2. The van der Waals surface area contributed by atoms with E-state index in [1.165, 1.54) is 13.8 Å². The lowest BCUT2D eigenvalue weighted by Crippen LogP contribution is -2.62. The lowest BCUT2D eigenvalue weighted by atomic mass is 9.96. The second kappa shape index (κ2) is 44.4. The molecule has 1 aromatic heterocycles. The molecule has 0 spiro atoms. The maximum absolute atomic E-state index is 14.6. The highest BCUT2D eigenvalue weighted by Gasteiger charge is 2.40. The molecule has 3 unspecified atom stereocenters. The number of nitrogens with one attached hydrogen (secondary N) is 16. The maximum atomic E-state index is 14.6. The number of aromatic nitrogens is 1. The summed E-state index contributed by atoms with van der Waals surface area (Å²) < 4.78 is 0. The Labute approximate surface area is 632 Å². The lowest BCUT2D eigenvalue weighted by molar-refractivity contribution is -0.145. The van der Waals surface area contributed by atoms with Crippen molar-refractivity contribution in [2.45, 2.75) is 177 Å². The molecule has 3 aromatic rings. The number of carbonyl (C=O) groups excluding carboxylic acids is 15. The Balaban J connectivity index is 1.43. The highest BCUT2D eigenvalue weighted by Crippen LogP contribution is 2.22. The van der Waals surface area contributed by atoms with E-state index in [1.54, 1.807) is 88.5 Å². The van der Waals surface area contributed by atoms with Gasteiger partial charge in [0.2, 0.25) is 88.6 Å². The number of rotatable bonds is 27. The van der Waals surface area contributed by atoms with Crippen LogP contribution in [0.5, 0.6) is 0 Å². The van der Waals surface area contributed by atoms with E-state index in [0.717, 1.165) is 41.4 Å². The van der Waals surface area contributed by atoms with Crippen LogP contribution in [0.4, 0.5) is 0 Å². The van der Waals surface area contributed by atoms with Gasteiger partial charge in [0.05, 0.1) is 32.3 Å². The summed E-state index contributed by atoms with van der Waals surface area (Å²) in [4.78, 5) is 226. The molecule has 0 aliphatic carbocycles. The van der Waals surface area contributed by atoms with Gasteiger partial charge in [-0.25, -0.2) is 4.79 Å². The van der Waals surface area contributed by atoms with E-state index >= 15 is 0 Å². The van der Waals surface area contributed by atoms with Crippen molar-refractivity contribution in [3.63, 3.8) is 0 Å². The number of thioether (sulfide) groups is 2. The number of para-hydroxylation sites is 1. The minimum Gasteiger partial charge on any atom is -0.480 e. The molecule has 2 saturated heterocycles. The molecule has 24 N–H and O–H groups in total. The molecule has 39 heteroatoms. The highest BCUT2D eigenvalue weighted by molar-refractivity contribution is 8.00. The van der Waals surface area contributed by atoms with Gasteiger partial charge >= 0.3 is 5.97 Å². The van der Waals surface area contributed by atoms with E-state index in [2.05, 4.69) is 84.7 Å². The number of carboxylic acids is 1. The number of H-pyrrole nitrogens is 1. The number of carboxylic acid groups (broad SMARTS) is 1. The van der Waals surface area contributed by atoms with Gasteiger partial charge in [-0.3, -0.25) is 71.9 Å². The third-order valence-corrected chi connectivity index (χ3v) is 20.2. The topological polar surface area (TPSA) is 588 Å². The van der Waals surface area contributed by atoms with Crippen LogP contribution < -0.4 is 97.0 Å². The molecule has 594 valence electrons. The van der Waals surface area contributed by atoms with Crippen molar-refractivity contribution in [1.82, 2.24) is 84.7 Å². The first kappa shape index (κ1) is 88.7. The summed E-state index contributed by atoms with van der Waals surface area (Å²) >= 11 is 1.69. The summed E-state index contributed by atoms with van der Waals surface area (Å²) in [6.45, 7) is 7.57. The van der Waals surface area contributed by atoms with Gasteiger partial charge in [0.1, 0.15) is 66.5 Å². The maximum Gasteiger partial charge on any atom is 0.328 e. The standard InChI is InChI=1S/C69H103N19O18S2/c1-8-35(4)55-67(103)77-36(5)58(94)74-28-52(92)80-48(32-107-31-47(79-50(90)26-72)65(101)84-46(63(99)86-55)25-40-27-73-42-19-13-12-18-41(40)42)64(100)82-43(20-14-22-70)59(95)75-30-53(93)81-49-33-108-38(7)57(68(104)83-44(21-15-23-71)61(97)87-56(37(6)89)69(105)106)88-66(102)54(34(2)3)85-62(98)45(24-39-16-10-9-11-17-39)78-51(91)29-76-60(49)96/h9-13,16-19,27,34-38,43-49,54-57,73,89H,8,14-15,20-26,28-33,70-72H2,1-7H3,(H,74,94)(H,75,95)(H,76,96)(H,77,103)(H,78,91)(H,79,90)(H,80,92)(H,81,93)(H,82,100)(H,83,104)(H,84,101)(H,85,98)(H,86,99)(H,87,97)(H,88,102)(H,105,106)/t35-,36-,37+,38?,43-,44-,45-,46-,47-,48?,49-,54+,55+,56-,57?/m0/s1. The van der Waals surface area contributed by atoms with E-state index in [0.29, 0.717) is 17.5 Å². The van der Waals surface area contributed by atoms with Gasteiger partial charge in [-0.05, 0) is 81.6 Å². The van der Waals surface area contributed by atoms with Crippen LogP contribution in [0.1, 0.15) is 91.7 Å². The molecule has 37 nitrogen and oxygen atoms in total. The van der Waals surface area contributed by atoms with Crippen molar-refractivity contribution in [3.8, 4) is 0 Å². The van der Waals surface area contributed by atoms with Gasteiger partial charge in [0.25, 0.3) is 0 Å². The zero-order chi connectivity index (χ0) is 79.9. The Morgan fingerprint density at radius 1 is 0.593 bits per heavy atom. The third kappa shape index (κ3) is 28.0. The first-order valence-corrected chi connectivity index (χ1v) is 37.7. The average Bonchev–Trinajstić information content (AvgIpc) is 1.71. The molecule has 2 aliphatic rings. The second-order valence-corrected chi connectivity index (χ2v) is 29.1. The number of aliphatic hydroxyl groups is 1. The summed E-state index contributed by atoms with van der Waals surface area (Å²) in [6, 6.07) is -2.19. The number of hydrogen-bond acceptors (Lipinski definition) is 22. The second-order valence-electron chi connectivity index (χ2n) is 26.6. The van der Waals surface area contributed by atoms with Crippen LogP contribution in [0, 0.1) is 11.8 Å². The molecule has 3 heterocycles. The Bertz CT molecular complexity index is 3660. The fourth-order valence-electron chi connectivity index (χ4n) is 11.3. The molecule has 0 saturated carbocycles. The normalized spacial score (nSPS) is 23.6. The lowest BCUT2D eigenvalue weighted by Gasteiger charge is -2.31. The number of hydrogen-bond donors (Lipinski definition) is 21. The number of nitrogens with two attached hydrogens (primary N) is 3. The van der Waals surface area contributed by atoms with Crippen LogP contribution in [-0.2, 0) is 89.6 Å². The van der Waals surface area contributed by atoms with Crippen molar-refractivity contribution in [3.05, 3.63) is 71.9 Å². The fourth-order valence-corrected chi connectivity index (χ4v) is 13.5. The van der Waals surface area contributed by atoms with Crippen LogP contribution in [0.25, 0.3) is 10.9 Å².